The first-order chi connectivity index (χ1) is 12.8. The molecule has 2 saturated heterocycles. The van der Waals surface area contributed by atoms with E-state index < -0.39 is 0 Å². The average molecular weight is 354 g/mol. The normalized spacial score (nSPS) is 19.6. The van der Waals surface area contributed by atoms with E-state index in [1.54, 1.807) is 0 Å². The standard InChI is InChI=1S/C20H26N4O2/c25-20(23-10-12-26-13-11-23)18-6-8-22(9-7-18)15-17-14-21-24(16-17)19-4-2-1-3-5-19/h1-5,14,16,18H,6-13,15H2. The topological polar surface area (TPSA) is 50.6 Å². The smallest absolute Gasteiger partial charge is 0.225 e. The van der Waals surface area contributed by atoms with Crippen LogP contribution in [0.5, 0.6) is 0 Å². The van der Waals surface area contributed by atoms with Crippen molar-refractivity contribution in [3.63, 3.8) is 0 Å². The van der Waals surface area contributed by atoms with Gasteiger partial charge in [0.05, 0.1) is 25.1 Å². The first-order valence-corrected chi connectivity index (χ1v) is 9.47. The summed E-state index contributed by atoms with van der Waals surface area (Å²) in [5.74, 6) is 0.501. The first kappa shape index (κ1) is 17.2. The zero-order valence-corrected chi connectivity index (χ0v) is 15.1. The van der Waals surface area contributed by atoms with Crippen LogP contribution in [0.4, 0.5) is 0 Å². The van der Waals surface area contributed by atoms with Gasteiger partial charge in [-0.25, -0.2) is 4.68 Å². The Morgan fingerprint density at radius 1 is 1.08 bits per heavy atom. The van der Waals surface area contributed by atoms with Gasteiger partial charge in [0.15, 0.2) is 0 Å². The Labute approximate surface area is 154 Å². The highest BCUT2D eigenvalue weighted by molar-refractivity contribution is 5.79. The number of ether oxygens (including phenoxy) is 1. The molecule has 4 rings (SSSR count). The van der Waals surface area contributed by atoms with Crippen molar-refractivity contribution < 1.29 is 9.53 Å². The number of hydrogen-bond donors (Lipinski definition) is 0. The summed E-state index contributed by atoms with van der Waals surface area (Å²) in [6.07, 6.45) is 5.93. The molecule has 2 fully saturated rings. The molecule has 0 spiro atoms. The molecule has 2 aliphatic rings. The maximum atomic E-state index is 12.6. The second-order valence-electron chi connectivity index (χ2n) is 7.12. The van der Waals surface area contributed by atoms with Crippen molar-refractivity contribution in [2.45, 2.75) is 19.4 Å². The molecule has 1 amide bonds. The molecule has 3 heterocycles. The van der Waals surface area contributed by atoms with Gasteiger partial charge in [-0.05, 0) is 38.1 Å². The van der Waals surface area contributed by atoms with Crippen LogP contribution in [-0.4, -0.2) is 64.9 Å². The number of benzene rings is 1. The van der Waals surface area contributed by atoms with Crippen molar-refractivity contribution in [2.75, 3.05) is 39.4 Å². The molecule has 2 aliphatic heterocycles. The fourth-order valence-electron chi connectivity index (χ4n) is 3.80. The number of rotatable bonds is 4. The number of piperidine rings is 1. The summed E-state index contributed by atoms with van der Waals surface area (Å²) in [6, 6.07) is 10.2. The highest BCUT2D eigenvalue weighted by Crippen LogP contribution is 2.22. The van der Waals surface area contributed by atoms with Crippen LogP contribution in [0.15, 0.2) is 42.7 Å². The molecule has 2 aromatic rings. The van der Waals surface area contributed by atoms with E-state index in [4.69, 9.17) is 4.74 Å². The molecule has 0 atom stereocenters. The highest BCUT2D eigenvalue weighted by atomic mass is 16.5. The van der Waals surface area contributed by atoms with Crippen LogP contribution in [-0.2, 0) is 16.1 Å². The maximum Gasteiger partial charge on any atom is 0.225 e. The minimum absolute atomic E-state index is 0.177. The van der Waals surface area contributed by atoms with E-state index in [1.165, 1.54) is 5.56 Å². The largest absolute Gasteiger partial charge is 0.378 e. The Hall–Kier alpha value is -2.18. The minimum Gasteiger partial charge on any atom is -0.378 e. The van der Waals surface area contributed by atoms with Crippen LogP contribution in [0, 0.1) is 5.92 Å². The first-order valence-electron chi connectivity index (χ1n) is 9.47. The minimum atomic E-state index is 0.177. The molecule has 0 saturated carbocycles. The van der Waals surface area contributed by atoms with Crippen LogP contribution in [0.25, 0.3) is 5.69 Å². The van der Waals surface area contributed by atoms with Gasteiger partial charge >= 0.3 is 0 Å². The van der Waals surface area contributed by atoms with Gasteiger partial charge in [0.2, 0.25) is 5.91 Å². The van der Waals surface area contributed by atoms with Crippen molar-refractivity contribution in [3.8, 4) is 5.69 Å². The molecule has 1 aromatic carbocycles. The Balaban J connectivity index is 1.29. The number of para-hydroxylation sites is 1. The lowest BCUT2D eigenvalue weighted by molar-refractivity contribution is -0.141. The Bertz CT molecular complexity index is 716. The summed E-state index contributed by atoms with van der Waals surface area (Å²) in [5, 5.41) is 4.47. The quantitative estimate of drug-likeness (QED) is 0.842. The zero-order valence-electron chi connectivity index (χ0n) is 15.1. The maximum absolute atomic E-state index is 12.6. The van der Waals surface area contributed by atoms with Crippen molar-refractivity contribution in [1.82, 2.24) is 19.6 Å². The van der Waals surface area contributed by atoms with Crippen molar-refractivity contribution in [3.05, 3.63) is 48.3 Å². The Morgan fingerprint density at radius 2 is 1.81 bits per heavy atom. The number of nitrogens with zero attached hydrogens (tertiary/aromatic N) is 4. The average Bonchev–Trinajstić information content (AvgIpc) is 3.18. The lowest BCUT2D eigenvalue weighted by Crippen LogP contribution is -2.46. The van der Waals surface area contributed by atoms with E-state index >= 15 is 0 Å². The van der Waals surface area contributed by atoms with E-state index in [-0.39, 0.29) is 5.92 Å². The summed E-state index contributed by atoms with van der Waals surface area (Å²) in [6.45, 7) is 5.68. The van der Waals surface area contributed by atoms with E-state index in [1.807, 2.05) is 34.0 Å². The summed E-state index contributed by atoms with van der Waals surface area (Å²) >= 11 is 0. The number of amides is 1. The Morgan fingerprint density at radius 3 is 2.54 bits per heavy atom. The Kier molecular flexibility index (Phi) is 5.32. The van der Waals surface area contributed by atoms with E-state index in [0.717, 1.165) is 51.3 Å². The number of morpholine rings is 1. The molecule has 0 unspecified atom stereocenters. The molecular weight excluding hydrogens is 328 g/mol. The van der Waals surface area contributed by atoms with E-state index in [2.05, 4.69) is 28.3 Å². The fourth-order valence-corrected chi connectivity index (χ4v) is 3.80. The molecule has 6 heteroatoms. The third-order valence-corrected chi connectivity index (χ3v) is 5.32. The molecule has 6 nitrogen and oxygen atoms in total. The summed E-state index contributed by atoms with van der Waals surface area (Å²) in [5.41, 5.74) is 2.29. The van der Waals surface area contributed by atoms with Crippen LogP contribution in [0.2, 0.25) is 0 Å². The predicted octanol–water partition coefficient (Wildman–Crippen LogP) is 1.94. The van der Waals surface area contributed by atoms with Crippen LogP contribution in [0.1, 0.15) is 18.4 Å². The SMILES string of the molecule is O=C(C1CCN(Cc2cnn(-c3ccccc3)c2)CC1)N1CCOCC1. The molecule has 0 N–H and O–H groups in total. The molecule has 0 bridgehead atoms. The number of carbonyl (C=O) groups excluding carboxylic acids is 1. The summed E-state index contributed by atoms with van der Waals surface area (Å²) in [7, 11) is 0. The van der Waals surface area contributed by atoms with Gasteiger partial charge in [-0.15, -0.1) is 0 Å². The van der Waals surface area contributed by atoms with Crippen molar-refractivity contribution in [2.24, 2.45) is 5.92 Å². The summed E-state index contributed by atoms with van der Waals surface area (Å²) < 4.78 is 7.27. The van der Waals surface area contributed by atoms with Gasteiger partial charge in [0.1, 0.15) is 0 Å². The lowest BCUT2D eigenvalue weighted by atomic mass is 9.95. The lowest BCUT2D eigenvalue weighted by Gasteiger charge is -2.35. The zero-order chi connectivity index (χ0) is 17.8. The van der Waals surface area contributed by atoms with Crippen LogP contribution in [0.3, 0.4) is 0 Å². The van der Waals surface area contributed by atoms with Gasteiger partial charge in [0.25, 0.3) is 0 Å². The van der Waals surface area contributed by atoms with Gasteiger partial charge in [0, 0.05) is 37.3 Å². The summed E-state index contributed by atoms with van der Waals surface area (Å²) in [4.78, 5) is 17.0. The van der Waals surface area contributed by atoms with E-state index in [0.29, 0.717) is 19.1 Å². The number of aromatic nitrogens is 2. The van der Waals surface area contributed by atoms with Crippen molar-refractivity contribution >= 4 is 5.91 Å². The second-order valence-corrected chi connectivity index (χ2v) is 7.12. The third kappa shape index (κ3) is 3.97. The van der Waals surface area contributed by atoms with Crippen molar-refractivity contribution in [1.29, 1.82) is 0 Å². The molecule has 0 aliphatic carbocycles. The van der Waals surface area contributed by atoms with Gasteiger partial charge in [-0.1, -0.05) is 18.2 Å². The molecule has 26 heavy (non-hydrogen) atoms. The third-order valence-electron chi connectivity index (χ3n) is 5.32. The van der Waals surface area contributed by atoms with Gasteiger partial charge in [-0.3, -0.25) is 9.69 Å². The monoisotopic (exact) mass is 354 g/mol. The van der Waals surface area contributed by atoms with Crippen LogP contribution >= 0.6 is 0 Å². The predicted molar refractivity (Wildman–Crippen MR) is 99.0 cm³/mol. The molecule has 1 aromatic heterocycles. The fraction of sp³-hybridized carbons (Fsp3) is 0.500. The molecule has 138 valence electrons. The number of carbonyl (C=O) groups is 1. The second kappa shape index (κ2) is 8.01. The number of hydrogen-bond acceptors (Lipinski definition) is 4. The van der Waals surface area contributed by atoms with E-state index in [9.17, 15) is 4.79 Å². The van der Waals surface area contributed by atoms with Gasteiger partial charge in [-0.2, -0.15) is 5.10 Å². The van der Waals surface area contributed by atoms with Gasteiger partial charge < -0.3 is 9.64 Å². The van der Waals surface area contributed by atoms with Crippen LogP contribution < -0.4 is 0 Å². The molecular formula is C20H26N4O2. The molecule has 0 radical (unpaired) electrons. The number of likely N-dealkylation sites (tertiary alicyclic amines) is 1. The highest BCUT2D eigenvalue weighted by Gasteiger charge is 2.29.